The molecule has 0 saturated carbocycles. The number of aromatic nitrogens is 3. The van der Waals surface area contributed by atoms with Gasteiger partial charge >= 0.3 is 0 Å². The second kappa shape index (κ2) is 4.01. The molecule has 2 heterocycles. The van der Waals surface area contributed by atoms with E-state index in [0.29, 0.717) is 11.4 Å². The number of nitrogens with zero attached hydrogens (tertiary/aromatic N) is 2. The zero-order valence-electron chi connectivity index (χ0n) is 8.60. The van der Waals surface area contributed by atoms with Gasteiger partial charge in [0.25, 0.3) is 5.91 Å². The first-order valence-corrected chi connectivity index (χ1v) is 4.65. The summed E-state index contributed by atoms with van der Waals surface area (Å²) in [4.78, 5) is 25.2. The van der Waals surface area contributed by atoms with E-state index >= 15 is 0 Å². The Morgan fingerprint density at radius 3 is 2.94 bits per heavy atom. The van der Waals surface area contributed by atoms with E-state index in [1.54, 1.807) is 19.3 Å². The van der Waals surface area contributed by atoms with Crippen LogP contribution in [0.5, 0.6) is 0 Å². The molecule has 0 aliphatic carbocycles. The zero-order chi connectivity index (χ0) is 11.5. The summed E-state index contributed by atoms with van der Waals surface area (Å²) in [6.45, 7) is 0. The SMILES string of the molecule is Cn1nccc1NC(=O)c1cc[nH]c(=O)c1. The van der Waals surface area contributed by atoms with Gasteiger partial charge in [-0.1, -0.05) is 0 Å². The maximum absolute atomic E-state index is 11.7. The maximum atomic E-state index is 11.7. The first-order valence-electron chi connectivity index (χ1n) is 4.65. The first kappa shape index (κ1) is 10.2. The number of rotatable bonds is 2. The molecule has 1 amide bonds. The summed E-state index contributed by atoms with van der Waals surface area (Å²) in [5.41, 5.74) is 0.00241. The van der Waals surface area contributed by atoms with Gasteiger partial charge in [0.2, 0.25) is 5.56 Å². The number of hydrogen-bond acceptors (Lipinski definition) is 3. The molecule has 0 bridgehead atoms. The molecule has 2 N–H and O–H groups in total. The topological polar surface area (TPSA) is 79.8 Å². The molecule has 0 unspecified atom stereocenters. The first-order chi connectivity index (χ1) is 7.66. The number of nitrogens with one attached hydrogen (secondary N) is 2. The number of amides is 1. The van der Waals surface area contributed by atoms with Crippen molar-refractivity contribution < 1.29 is 4.79 Å². The van der Waals surface area contributed by atoms with Crippen LogP contribution in [0.4, 0.5) is 5.82 Å². The zero-order valence-corrected chi connectivity index (χ0v) is 8.60. The molecule has 82 valence electrons. The van der Waals surface area contributed by atoms with Crippen LogP contribution in [0.3, 0.4) is 0 Å². The van der Waals surface area contributed by atoms with E-state index in [-0.39, 0.29) is 11.5 Å². The second-order valence-corrected chi connectivity index (χ2v) is 3.24. The van der Waals surface area contributed by atoms with Gasteiger partial charge in [0.15, 0.2) is 0 Å². The minimum atomic E-state index is -0.338. The molecule has 6 heteroatoms. The average molecular weight is 218 g/mol. The van der Waals surface area contributed by atoms with Gasteiger partial charge in [0.05, 0.1) is 6.20 Å². The van der Waals surface area contributed by atoms with Gasteiger partial charge in [-0.05, 0) is 6.07 Å². The highest BCUT2D eigenvalue weighted by Crippen LogP contribution is 2.05. The van der Waals surface area contributed by atoms with Gasteiger partial charge < -0.3 is 10.3 Å². The van der Waals surface area contributed by atoms with Crippen LogP contribution in [0.2, 0.25) is 0 Å². The monoisotopic (exact) mass is 218 g/mol. The van der Waals surface area contributed by atoms with Crippen molar-refractivity contribution in [2.45, 2.75) is 0 Å². The van der Waals surface area contributed by atoms with Gasteiger partial charge in [-0.25, -0.2) is 0 Å². The average Bonchev–Trinajstić information content (AvgIpc) is 2.64. The van der Waals surface area contributed by atoms with Gasteiger partial charge in [-0.15, -0.1) is 0 Å². The Labute approximate surface area is 90.9 Å². The Hall–Kier alpha value is -2.37. The number of pyridine rings is 1. The molecule has 0 radical (unpaired) electrons. The fourth-order valence-electron chi connectivity index (χ4n) is 1.27. The summed E-state index contributed by atoms with van der Waals surface area (Å²) in [5, 5.41) is 6.56. The number of aromatic amines is 1. The van der Waals surface area contributed by atoms with Crippen molar-refractivity contribution in [3.8, 4) is 0 Å². The lowest BCUT2D eigenvalue weighted by molar-refractivity contribution is 0.102. The quantitative estimate of drug-likeness (QED) is 0.763. The molecule has 2 aromatic heterocycles. The number of anilines is 1. The minimum Gasteiger partial charge on any atom is -0.329 e. The largest absolute Gasteiger partial charge is 0.329 e. The number of hydrogen-bond donors (Lipinski definition) is 2. The van der Waals surface area contributed by atoms with Gasteiger partial charge in [-0.3, -0.25) is 14.3 Å². The normalized spacial score (nSPS) is 10.1. The van der Waals surface area contributed by atoms with Crippen LogP contribution in [-0.2, 0) is 7.05 Å². The summed E-state index contributed by atoms with van der Waals surface area (Å²) in [6.07, 6.45) is 3.01. The van der Waals surface area contributed by atoms with Crippen LogP contribution in [0, 0.1) is 0 Å². The lowest BCUT2D eigenvalue weighted by atomic mass is 10.2. The highest BCUT2D eigenvalue weighted by Gasteiger charge is 2.07. The molecule has 0 aliphatic heterocycles. The van der Waals surface area contributed by atoms with Gasteiger partial charge in [0, 0.05) is 30.9 Å². The summed E-state index contributed by atoms with van der Waals surface area (Å²) < 4.78 is 1.53. The van der Waals surface area contributed by atoms with Crippen LogP contribution in [0.15, 0.2) is 35.4 Å². The summed E-state index contributed by atoms with van der Waals surface area (Å²) in [6, 6.07) is 4.45. The second-order valence-electron chi connectivity index (χ2n) is 3.24. The minimum absolute atomic E-state index is 0.308. The molecule has 0 fully saturated rings. The van der Waals surface area contributed by atoms with Crippen molar-refractivity contribution in [1.82, 2.24) is 14.8 Å². The van der Waals surface area contributed by atoms with E-state index in [1.807, 2.05) is 0 Å². The van der Waals surface area contributed by atoms with Crippen LogP contribution < -0.4 is 10.9 Å². The van der Waals surface area contributed by atoms with Crippen molar-refractivity contribution in [2.75, 3.05) is 5.32 Å². The number of H-pyrrole nitrogens is 1. The molecular formula is C10H10N4O2. The lowest BCUT2D eigenvalue weighted by Gasteiger charge is -2.04. The smallest absolute Gasteiger partial charge is 0.257 e. The predicted molar refractivity (Wildman–Crippen MR) is 58.2 cm³/mol. The van der Waals surface area contributed by atoms with Crippen molar-refractivity contribution in [2.24, 2.45) is 7.05 Å². The number of carbonyl (C=O) groups excluding carboxylic acids is 1. The molecule has 2 aromatic rings. The fraction of sp³-hybridized carbons (Fsp3) is 0.100. The van der Waals surface area contributed by atoms with E-state index in [4.69, 9.17) is 0 Å². The standard InChI is InChI=1S/C10H10N4O2/c1-14-8(3-5-12-14)13-10(16)7-2-4-11-9(15)6-7/h2-6H,1H3,(H,11,15)(H,13,16). The predicted octanol–water partition coefficient (Wildman–Crippen LogP) is 0.361. The molecule has 0 saturated heterocycles. The molecule has 0 aromatic carbocycles. The molecular weight excluding hydrogens is 208 g/mol. The van der Waals surface area contributed by atoms with E-state index in [1.165, 1.54) is 23.0 Å². The van der Waals surface area contributed by atoms with E-state index < -0.39 is 0 Å². The number of aryl methyl sites for hydroxylation is 1. The molecule has 0 aliphatic rings. The maximum Gasteiger partial charge on any atom is 0.257 e. The summed E-state index contributed by atoms with van der Waals surface area (Å²) >= 11 is 0. The highest BCUT2D eigenvalue weighted by atomic mass is 16.2. The van der Waals surface area contributed by atoms with Crippen molar-refractivity contribution in [3.05, 3.63) is 46.5 Å². The Kier molecular flexibility index (Phi) is 2.55. The Balaban J connectivity index is 2.21. The van der Waals surface area contributed by atoms with Crippen LogP contribution in [0.1, 0.15) is 10.4 Å². The Morgan fingerprint density at radius 1 is 1.50 bits per heavy atom. The molecule has 0 spiro atoms. The van der Waals surface area contributed by atoms with Gasteiger partial charge in [-0.2, -0.15) is 5.10 Å². The molecule has 16 heavy (non-hydrogen) atoms. The van der Waals surface area contributed by atoms with E-state index in [0.717, 1.165) is 0 Å². The van der Waals surface area contributed by atoms with Crippen molar-refractivity contribution >= 4 is 11.7 Å². The summed E-state index contributed by atoms with van der Waals surface area (Å²) in [7, 11) is 1.72. The third kappa shape index (κ3) is 2.00. The van der Waals surface area contributed by atoms with Crippen molar-refractivity contribution in [1.29, 1.82) is 0 Å². The third-order valence-electron chi connectivity index (χ3n) is 2.10. The van der Waals surface area contributed by atoms with E-state index in [2.05, 4.69) is 15.4 Å². The van der Waals surface area contributed by atoms with E-state index in [9.17, 15) is 9.59 Å². The number of carbonyl (C=O) groups is 1. The Morgan fingerprint density at radius 2 is 2.31 bits per heavy atom. The fourth-order valence-corrected chi connectivity index (χ4v) is 1.27. The Bertz CT molecular complexity index is 570. The molecule has 2 rings (SSSR count). The molecule has 6 nitrogen and oxygen atoms in total. The highest BCUT2D eigenvalue weighted by molar-refractivity contribution is 6.03. The lowest BCUT2D eigenvalue weighted by Crippen LogP contribution is -2.17. The van der Waals surface area contributed by atoms with Crippen LogP contribution >= 0.6 is 0 Å². The third-order valence-corrected chi connectivity index (χ3v) is 2.10. The summed E-state index contributed by atoms with van der Waals surface area (Å²) in [5.74, 6) is 0.236. The van der Waals surface area contributed by atoms with Crippen LogP contribution in [0.25, 0.3) is 0 Å². The van der Waals surface area contributed by atoms with Gasteiger partial charge in [0.1, 0.15) is 5.82 Å². The van der Waals surface area contributed by atoms with Crippen molar-refractivity contribution in [3.63, 3.8) is 0 Å². The molecule has 0 atom stereocenters. The van der Waals surface area contributed by atoms with Crippen LogP contribution in [-0.4, -0.2) is 20.7 Å².